The summed E-state index contributed by atoms with van der Waals surface area (Å²) in [5.74, 6) is -2.02. The highest BCUT2D eigenvalue weighted by Crippen LogP contribution is 2.31. The third kappa shape index (κ3) is 8.68. The highest BCUT2D eigenvalue weighted by molar-refractivity contribution is 5.72. The van der Waals surface area contributed by atoms with Crippen molar-refractivity contribution in [3.63, 3.8) is 0 Å². The highest BCUT2D eigenvalue weighted by Gasteiger charge is 2.15. The minimum atomic E-state index is -0.989. The van der Waals surface area contributed by atoms with E-state index in [1.54, 1.807) is 12.1 Å². The van der Waals surface area contributed by atoms with Gasteiger partial charge in [-0.15, -0.1) is 0 Å². The summed E-state index contributed by atoms with van der Waals surface area (Å²) in [6, 6.07) is 18.8. The molecule has 0 saturated carbocycles. The number of allylic oxidation sites excluding steroid dienone is 1. The summed E-state index contributed by atoms with van der Waals surface area (Å²) in [7, 11) is 0. The average Bonchev–Trinajstić information content (AvgIpc) is 2.92. The molecule has 0 amide bonds. The van der Waals surface area contributed by atoms with E-state index in [2.05, 4.69) is 56.8 Å². The maximum atomic E-state index is 14.6. The molecule has 3 rings (SSSR count). The molecule has 37 heavy (non-hydrogen) atoms. The summed E-state index contributed by atoms with van der Waals surface area (Å²) in [6.07, 6.45) is 13.0. The van der Waals surface area contributed by atoms with Crippen LogP contribution in [0.5, 0.6) is 5.75 Å². The predicted octanol–water partition coefficient (Wildman–Crippen LogP) is 9.64. The lowest BCUT2D eigenvalue weighted by Gasteiger charge is -2.12. The zero-order chi connectivity index (χ0) is 26.5. The van der Waals surface area contributed by atoms with Crippen molar-refractivity contribution in [1.82, 2.24) is 0 Å². The topological polar surface area (TPSA) is 18.5 Å². The van der Waals surface area contributed by atoms with Crippen LogP contribution in [0.15, 0.2) is 79.4 Å². The summed E-state index contributed by atoms with van der Waals surface area (Å²) in [4.78, 5) is 0. The van der Waals surface area contributed by atoms with Crippen LogP contribution in [-0.2, 0) is 4.74 Å². The number of hydrogen-bond acceptors (Lipinski definition) is 2. The molecule has 0 heterocycles. The molecule has 0 N–H and O–H groups in total. The fourth-order valence-electron chi connectivity index (χ4n) is 4.11. The molecule has 0 bridgehead atoms. The fourth-order valence-corrected chi connectivity index (χ4v) is 4.11. The van der Waals surface area contributed by atoms with Crippen molar-refractivity contribution in [3.8, 4) is 28.0 Å². The lowest BCUT2D eigenvalue weighted by molar-refractivity contribution is 0.0566. The summed E-state index contributed by atoms with van der Waals surface area (Å²) in [6.45, 7) is 8.87. The SMILES string of the molecule is C=CCOc1ccc(-c2ccc(-c3ccc(/C=C/CCCC(C)OCCCCC)cc3)cc2)c(F)c1F. The second-order valence-corrected chi connectivity index (χ2v) is 9.26. The Labute approximate surface area is 220 Å². The van der Waals surface area contributed by atoms with Crippen molar-refractivity contribution in [3.05, 3.63) is 96.6 Å². The Bertz CT molecular complexity index is 1130. The van der Waals surface area contributed by atoms with E-state index >= 15 is 0 Å². The molecule has 3 aromatic rings. The highest BCUT2D eigenvalue weighted by atomic mass is 19.2. The molecule has 4 heteroatoms. The van der Waals surface area contributed by atoms with Crippen LogP contribution in [-0.4, -0.2) is 19.3 Å². The summed E-state index contributed by atoms with van der Waals surface area (Å²) in [5, 5.41) is 0. The van der Waals surface area contributed by atoms with Crippen molar-refractivity contribution < 1.29 is 18.3 Å². The van der Waals surface area contributed by atoms with Gasteiger partial charge in [0, 0.05) is 12.2 Å². The van der Waals surface area contributed by atoms with Crippen molar-refractivity contribution >= 4 is 6.08 Å². The van der Waals surface area contributed by atoms with Gasteiger partial charge in [0.1, 0.15) is 6.61 Å². The molecule has 1 atom stereocenters. The molecule has 0 aliphatic rings. The van der Waals surface area contributed by atoms with E-state index < -0.39 is 11.6 Å². The van der Waals surface area contributed by atoms with Gasteiger partial charge < -0.3 is 9.47 Å². The largest absolute Gasteiger partial charge is 0.486 e. The molecule has 0 aromatic heterocycles. The van der Waals surface area contributed by atoms with Crippen molar-refractivity contribution in [2.24, 2.45) is 0 Å². The molecule has 0 radical (unpaired) electrons. The number of unbranched alkanes of at least 4 members (excludes halogenated alkanes) is 3. The number of rotatable bonds is 15. The van der Waals surface area contributed by atoms with Crippen molar-refractivity contribution in [2.75, 3.05) is 13.2 Å². The second-order valence-electron chi connectivity index (χ2n) is 9.26. The van der Waals surface area contributed by atoms with E-state index in [1.807, 2.05) is 12.1 Å². The van der Waals surface area contributed by atoms with Gasteiger partial charge in [0.25, 0.3) is 0 Å². The van der Waals surface area contributed by atoms with E-state index in [-0.39, 0.29) is 17.9 Å². The van der Waals surface area contributed by atoms with E-state index in [0.29, 0.717) is 11.7 Å². The normalized spacial score (nSPS) is 12.1. The summed E-state index contributed by atoms with van der Waals surface area (Å²) >= 11 is 0. The van der Waals surface area contributed by atoms with Crippen LogP contribution in [0.2, 0.25) is 0 Å². The van der Waals surface area contributed by atoms with Gasteiger partial charge in [-0.05, 0) is 67.0 Å². The maximum absolute atomic E-state index is 14.6. The minimum Gasteiger partial charge on any atom is -0.486 e. The lowest BCUT2D eigenvalue weighted by Crippen LogP contribution is -2.08. The predicted molar refractivity (Wildman–Crippen MR) is 151 cm³/mol. The van der Waals surface area contributed by atoms with Gasteiger partial charge in [-0.25, -0.2) is 4.39 Å². The Kier molecular flexibility index (Phi) is 11.6. The van der Waals surface area contributed by atoms with Crippen molar-refractivity contribution in [2.45, 2.75) is 58.5 Å². The van der Waals surface area contributed by atoms with Crippen LogP contribution < -0.4 is 4.74 Å². The van der Waals surface area contributed by atoms with Gasteiger partial charge in [0.2, 0.25) is 5.82 Å². The first kappa shape index (κ1) is 28.3. The van der Waals surface area contributed by atoms with Gasteiger partial charge >= 0.3 is 0 Å². The van der Waals surface area contributed by atoms with Crippen LogP contribution in [0.3, 0.4) is 0 Å². The molecule has 3 aromatic carbocycles. The summed E-state index contributed by atoms with van der Waals surface area (Å²) < 4.78 is 40.0. The van der Waals surface area contributed by atoms with E-state index in [9.17, 15) is 8.78 Å². The molecular formula is C33H38F2O2. The third-order valence-electron chi connectivity index (χ3n) is 6.29. The monoisotopic (exact) mass is 504 g/mol. The Balaban J connectivity index is 1.52. The molecule has 1 unspecified atom stereocenters. The molecule has 0 saturated heterocycles. The van der Waals surface area contributed by atoms with Crippen LogP contribution in [0.25, 0.3) is 28.3 Å². The molecule has 0 spiro atoms. The third-order valence-corrected chi connectivity index (χ3v) is 6.29. The van der Waals surface area contributed by atoms with Gasteiger partial charge in [-0.1, -0.05) is 93.1 Å². The van der Waals surface area contributed by atoms with Crippen LogP contribution in [0, 0.1) is 11.6 Å². The number of benzene rings is 3. The van der Waals surface area contributed by atoms with Crippen molar-refractivity contribution in [1.29, 1.82) is 0 Å². The first-order valence-electron chi connectivity index (χ1n) is 13.2. The average molecular weight is 505 g/mol. The summed E-state index contributed by atoms with van der Waals surface area (Å²) in [5.41, 5.74) is 4.04. The minimum absolute atomic E-state index is 0.117. The Morgan fingerprint density at radius 3 is 2.19 bits per heavy atom. The molecule has 0 aliphatic carbocycles. The quantitative estimate of drug-likeness (QED) is 0.151. The van der Waals surface area contributed by atoms with Crippen LogP contribution in [0.4, 0.5) is 8.78 Å². The van der Waals surface area contributed by atoms with E-state index in [4.69, 9.17) is 9.47 Å². The Morgan fingerprint density at radius 2 is 1.51 bits per heavy atom. The van der Waals surface area contributed by atoms with Gasteiger partial charge in [-0.2, -0.15) is 4.39 Å². The number of ether oxygens (including phenoxy) is 2. The second kappa shape index (κ2) is 15.1. The van der Waals surface area contributed by atoms with Crippen LogP contribution >= 0.6 is 0 Å². The molecule has 0 fully saturated rings. The van der Waals surface area contributed by atoms with Gasteiger partial charge in [0.15, 0.2) is 11.6 Å². The zero-order valence-electron chi connectivity index (χ0n) is 22.0. The lowest BCUT2D eigenvalue weighted by atomic mass is 9.99. The molecule has 196 valence electrons. The number of hydrogen-bond donors (Lipinski definition) is 0. The Hall–Kier alpha value is -3.24. The maximum Gasteiger partial charge on any atom is 0.201 e. The first-order chi connectivity index (χ1) is 18.0. The zero-order valence-corrected chi connectivity index (χ0v) is 22.0. The molecule has 0 aliphatic heterocycles. The Morgan fingerprint density at radius 1 is 0.838 bits per heavy atom. The molecular weight excluding hydrogens is 466 g/mol. The van der Waals surface area contributed by atoms with E-state index in [1.165, 1.54) is 31.1 Å². The van der Waals surface area contributed by atoms with Gasteiger partial charge in [0.05, 0.1) is 6.10 Å². The van der Waals surface area contributed by atoms with Gasteiger partial charge in [-0.3, -0.25) is 0 Å². The fraction of sp³-hybridized carbons (Fsp3) is 0.333. The molecule has 2 nitrogen and oxygen atoms in total. The number of halogens is 2. The van der Waals surface area contributed by atoms with Crippen LogP contribution in [0.1, 0.15) is 57.9 Å². The first-order valence-corrected chi connectivity index (χ1v) is 13.2. The van der Waals surface area contributed by atoms with E-state index in [0.717, 1.165) is 49.0 Å². The standard InChI is InChI=1S/C33H38F2O2/c1-4-6-10-24-36-25(3)11-8-7-9-12-26-13-15-27(16-14-26)28-17-19-29(20-18-28)30-21-22-31(37-23-5-2)33(35)32(30)34/h5,9,12-22,25H,2,4,6-8,10-11,23-24H2,1,3H3/b12-9+. The smallest absolute Gasteiger partial charge is 0.201 e.